The molecule has 176 valence electrons. The van der Waals surface area contributed by atoms with Crippen molar-refractivity contribution in [3.63, 3.8) is 0 Å². The summed E-state index contributed by atoms with van der Waals surface area (Å²) in [5.41, 5.74) is 0.758. The molecule has 1 N–H and O–H groups in total. The van der Waals surface area contributed by atoms with Gasteiger partial charge in [-0.1, -0.05) is 17.3 Å². The number of ether oxygens (including phenoxy) is 2. The smallest absolute Gasteiger partial charge is 0.379 e. The highest BCUT2D eigenvalue weighted by molar-refractivity contribution is 5.99. The van der Waals surface area contributed by atoms with Crippen LogP contribution in [0.4, 0.5) is 13.2 Å². The van der Waals surface area contributed by atoms with E-state index in [9.17, 15) is 22.8 Å². The Hall–Kier alpha value is -2.99. The normalized spacial score (nSPS) is 24.4. The van der Waals surface area contributed by atoms with E-state index in [-0.39, 0.29) is 41.9 Å². The Kier molecular flexibility index (Phi) is 5.16. The second-order valence-corrected chi connectivity index (χ2v) is 8.79. The fourth-order valence-electron chi connectivity index (χ4n) is 4.31. The van der Waals surface area contributed by atoms with E-state index in [4.69, 9.17) is 9.47 Å². The van der Waals surface area contributed by atoms with Crippen molar-refractivity contribution in [1.82, 2.24) is 20.4 Å². The van der Waals surface area contributed by atoms with Gasteiger partial charge in [0.2, 0.25) is 11.7 Å². The summed E-state index contributed by atoms with van der Waals surface area (Å²) >= 11 is 0. The number of benzene rings is 1. The van der Waals surface area contributed by atoms with Gasteiger partial charge in [-0.2, -0.15) is 18.2 Å². The second-order valence-electron chi connectivity index (χ2n) is 8.79. The van der Waals surface area contributed by atoms with Crippen LogP contribution >= 0.6 is 0 Å². The molecular weight excluding hydrogens is 445 g/mol. The van der Waals surface area contributed by atoms with Gasteiger partial charge < -0.3 is 24.2 Å². The van der Waals surface area contributed by atoms with Gasteiger partial charge in [0.15, 0.2) is 0 Å². The van der Waals surface area contributed by atoms with Crippen LogP contribution in [0.25, 0.3) is 11.4 Å². The number of rotatable bonds is 4. The van der Waals surface area contributed by atoms with Gasteiger partial charge in [0.25, 0.3) is 5.91 Å². The molecule has 12 heteroatoms. The minimum atomic E-state index is -4.75. The monoisotopic (exact) mass is 466 g/mol. The topological polar surface area (TPSA) is 107 Å². The van der Waals surface area contributed by atoms with Crippen LogP contribution < -0.4 is 5.32 Å². The fraction of sp³-hybridized carbons (Fsp3) is 0.524. The van der Waals surface area contributed by atoms with Gasteiger partial charge in [0, 0.05) is 24.3 Å². The standard InChI is InChI=1S/C21H21F3N4O5/c1-20(9-32-10-20)18(30)25-14-8-31-5-4-15(14)28-7-12-3-2-11(6-13(12)17(28)29)16-26-19(33-27-16)21(22,23)24/h2-3,6,14-15H,4-5,7-10H2,1H3,(H,25,30)/t14-,15-/m1/s1. The number of carbonyl (C=O) groups is 2. The van der Waals surface area contributed by atoms with Gasteiger partial charge >= 0.3 is 12.1 Å². The van der Waals surface area contributed by atoms with Crippen molar-refractivity contribution in [2.45, 2.75) is 38.1 Å². The Morgan fingerprint density at radius 1 is 1.27 bits per heavy atom. The summed E-state index contributed by atoms with van der Waals surface area (Å²) in [6.45, 7) is 3.57. The molecule has 0 spiro atoms. The molecule has 5 rings (SSSR count). The lowest BCUT2D eigenvalue weighted by atomic mass is 9.87. The van der Waals surface area contributed by atoms with E-state index in [1.54, 1.807) is 17.0 Å². The molecule has 2 saturated heterocycles. The SMILES string of the molecule is CC1(C(=O)N[C@@H]2COCC[C@H]2N2Cc3ccc(-c4noc(C(F)(F)F)n4)cc3C2=O)COC1. The molecule has 0 unspecified atom stereocenters. The molecule has 9 nitrogen and oxygen atoms in total. The van der Waals surface area contributed by atoms with E-state index in [0.29, 0.717) is 38.3 Å². The van der Waals surface area contributed by atoms with Gasteiger partial charge in [-0.15, -0.1) is 0 Å². The molecule has 0 saturated carbocycles. The quantitative estimate of drug-likeness (QED) is 0.735. The highest BCUT2D eigenvalue weighted by atomic mass is 19.4. The maximum Gasteiger partial charge on any atom is 0.471 e. The predicted octanol–water partition coefficient (Wildman–Crippen LogP) is 2.02. The zero-order chi connectivity index (χ0) is 23.4. The Bertz CT molecular complexity index is 1100. The molecule has 3 aliphatic heterocycles. The zero-order valence-electron chi connectivity index (χ0n) is 17.6. The van der Waals surface area contributed by atoms with Crippen LogP contribution in [0.1, 0.15) is 35.2 Å². The van der Waals surface area contributed by atoms with Gasteiger partial charge in [-0.25, -0.2) is 0 Å². The van der Waals surface area contributed by atoms with Crippen LogP contribution in [-0.2, 0) is 27.0 Å². The van der Waals surface area contributed by atoms with Crippen LogP contribution in [0, 0.1) is 5.41 Å². The summed E-state index contributed by atoms with van der Waals surface area (Å²) in [7, 11) is 0. The molecule has 1 aromatic carbocycles. The first-order valence-electron chi connectivity index (χ1n) is 10.5. The molecular formula is C21H21F3N4O5. The molecule has 2 fully saturated rings. The van der Waals surface area contributed by atoms with Gasteiger partial charge in [-0.3, -0.25) is 9.59 Å². The minimum absolute atomic E-state index is 0.140. The Morgan fingerprint density at radius 2 is 2.06 bits per heavy atom. The molecule has 4 heterocycles. The number of hydrogen-bond donors (Lipinski definition) is 1. The maximum absolute atomic E-state index is 13.2. The number of nitrogens with one attached hydrogen (secondary N) is 1. The fourth-order valence-corrected chi connectivity index (χ4v) is 4.31. The Morgan fingerprint density at radius 3 is 2.73 bits per heavy atom. The van der Waals surface area contributed by atoms with Crippen LogP contribution in [-0.4, -0.2) is 65.4 Å². The number of halogens is 3. The van der Waals surface area contributed by atoms with Gasteiger partial charge in [-0.05, 0) is 25.0 Å². The highest BCUT2D eigenvalue weighted by Crippen LogP contribution is 2.34. The van der Waals surface area contributed by atoms with E-state index in [0.717, 1.165) is 5.56 Å². The summed E-state index contributed by atoms with van der Waals surface area (Å²) in [6.07, 6.45) is -4.20. The molecule has 33 heavy (non-hydrogen) atoms. The lowest BCUT2D eigenvalue weighted by Gasteiger charge is -2.42. The molecule has 2 atom stereocenters. The van der Waals surface area contributed by atoms with E-state index in [2.05, 4.69) is 20.0 Å². The highest BCUT2D eigenvalue weighted by Gasteiger charge is 2.45. The van der Waals surface area contributed by atoms with Crippen LogP contribution in [0.2, 0.25) is 0 Å². The van der Waals surface area contributed by atoms with Crippen molar-refractivity contribution in [2.75, 3.05) is 26.4 Å². The van der Waals surface area contributed by atoms with E-state index in [1.165, 1.54) is 6.07 Å². The minimum Gasteiger partial charge on any atom is -0.379 e. The second kappa shape index (κ2) is 7.80. The number of carbonyl (C=O) groups excluding carboxylic acids is 2. The summed E-state index contributed by atoms with van der Waals surface area (Å²) in [5, 5.41) is 6.40. The van der Waals surface area contributed by atoms with Gasteiger partial charge in [0.05, 0.1) is 37.3 Å². The number of fused-ring (bicyclic) bond motifs is 1. The molecule has 3 aliphatic rings. The first-order valence-corrected chi connectivity index (χ1v) is 10.5. The molecule has 2 aromatic rings. The summed E-state index contributed by atoms with van der Waals surface area (Å²) in [6, 6.07) is 4.04. The van der Waals surface area contributed by atoms with Crippen molar-refractivity contribution in [1.29, 1.82) is 0 Å². The third-order valence-corrected chi connectivity index (χ3v) is 6.29. The van der Waals surface area contributed by atoms with Crippen molar-refractivity contribution in [3.8, 4) is 11.4 Å². The number of nitrogens with zero attached hydrogens (tertiary/aromatic N) is 3. The van der Waals surface area contributed by atoms with E-state index in [1.807, 2.05) is 6.92 Å². The summed E-state index contributed by atoms with van der Waals surface area (Å²) in [5.74, 6) is -2.10. The van der Waals surface area contributed by atoms with Crippen molar-refractivity contribution in [2.24, 2.45) is 5.41 Å². The molecule has 1 aromatic heterocycles. The van der Waals surface area contributed by atoms with Crippen molar-refractivity contribution < 1.29 is 36.8 Å². The first-order chi connectivity index (χ1) is 15.7. The number of alkyl halides is 3. The number of amides is 2. The van der Waals surface area contributed by atoms with Crippen molar-refractivity contribution >= 4 is 11.8 Å². The van der Waals surface area contributed by atoms with Crippen LogP contribution in [0.3, 0.4) is 0 Å². The first kappa shape index (κ1) is 21.8. The van der Waals surface area contributed by atoms with E-state index < -0.39 is 17.5 Å². The largest absolute Gasteiger partial charge is 0.471 e. The summed E-state index contributed by atoms with van der Waals surface area (Å²) in [4.78, 5) is 31.0. The average Bonchev–Trinajstić information content (AvgIpc) is 3.38. The average molecular weight is 466 g/mol. The Labute approximate surface area is 186 Å². The predicted molar refractivity (Wildman–Crippen MR) is 105 cm³/mol. The molecule has 0 aliphatic carbocycles. The molecule has 0 radical (unpaired) electrons. The van der Waals surface area contributed by atoms with E-state index >= 15 is 0 Å². The van der Waals surface area contributed by atoms with Gasteiger partial charge in [0.1, 0.15) is 0 Å². The zero-order valence-corrected chi connectivity index (χ0v) is 17.6. The molecule has 0 bridgehead atoms. The number of hydrogen-bond acceptors (Lipinski definition) is 7. The van der Waals surface area contributed by atoms with Crippen LogP contribution in [0.15, 0.2) is 22.7 Å². The lowest BCUT2D eigenvalue weighted by molar-refractivity contribution is -0.160. The number of aromatic nitrogens is 2. The maximum atomic E-state index is 13.2. The van der Waals surface area contributed by atoms with Crippen molar-refractivity contribution in [3.05, 3.63) is 35.2 Å². The molecule has 2 amide bonds. The van der Waals surface area contributed by atoms with Crippen LogP contribution in [0.5, 0.6) is 0 Å². The summed E-state index contributed by atoms with van der Waals surface area (Å²) < 4.78 is 53.3. The Balaban J connectivity index is 1.35. The third-order valence-electron chi connectivity index (χ3n) is 6.29. The lowest BCUT2D eigenvalue weighted by Crippen LogP contribution is -2.61. The third kappa shape index (κ3) is 3.86.